The summed E-state index contributed by atoms with van der Waals surface area (Å²) in [7, 11) is 2.18. The maximum atomic E-state index is 2.40. The Kier molecular flexibility index (Phi) is 5.04. The minimum Gasteiger partial charge on any atom is -0.343 e. The average Bonchev–Trinajstić information content (AvgIpc) is 3.54. The van der Waals surface area contributed by atoms with E-state index in [1.165, 1.54) is 55.0 Å². The summed E-state index contributed by atoms with van der Waals surface area (Å²) in [6.45, 7) is 0. The van der Waals surface area contributed by atoms with E-state index in [1.807, 2.05) is 0 Å². The predicted molar refractivity (Wildman–Crippen MR) is 170 cm³/mol. The van der Waals surface area contributed by atoms with Crippen LogP contribution in [-0.4, -0.2) is 16.2 Å². The molecule has 0 fully saturated rings. The number of hydrogen-bond donors (Lipinski definition) is 0. The molecule has 0 spiro atoms. The quantitative estimate of drug-likeness (QED) is 0.228. The van der Waals surface area contributed by atoms with Crippen molar-refractivity contribution in [3.63, 3.8) is 0 Å². The molecule has 0 atom stereocenters. The molecule has 0 aliphatic rings. The Labute approximate surface area is 232 Å². The van der Waals surface area contributed by atoms with Crippen LogP contribution < -0.4 is 4.90 Å². The third kappa shape index (κ3) is 3.31. The molecule has 0 amide bonds. The molecule has 6 aromatic carbocycles. The Bertz CT molecular complexity index is 2170. The number of para-hydroxylation sites is 5. The molecule has 0 N–H and O–H groups in total. The number of fused-ring (bicyclic) bond motifs is 6. The highest BCUT2D eigenvalue weighted by Gasteiger charge is 2.19. The highest BCUT2D eigenvalue weighted by Crippen LogP contribution is 2.41. The summed E-state index contributed by atoms with van der Waals surface area (Å²) in [6.07, 6.45) is 0. The molecular weight excluding hydrogens is 486 g/mol. The molecule has 0 saturated heterocycles. The summed E-state index contributed by atoms with van der Waals surface area (Å²) in [5, 5.41) is 5.02. The molecule has 3 heteroatoms. The Hall–Kier alpha value is -5.28. The summed E-state index contributed by atoms with van der Waals surface area (Å²) >= 11 is 0. The third-order valence-corrected chi connectivity index (χ3v) is 8.11. The number of hydrogen-bond acceptors (Lipinski definition) is 1. The summed E-state index contributed by atoms with van der Waals surface area (Å²) < 4.78 is 4.76. The maximum Gasteiger partial charge on any atom is 0.0778 e. The number of anilines is 2. The molecule has 8 rings (SSSR count). The van der Waals surface area contributed by atoms with Gasteiger partial charge in [0.1, 0.15) is 0 Å². The van der Waals surface area contributed by atoms with Crippen LogP contribution >= 0.6 is 0 Å². The zero-order chi connectivity index (χ0) is 26.6. The fraction of sp³-hybridized carbons (Fsp3) is 0.0270. The minimum absolute atomic E-state index is 1.15. The van der Waals surface area contributed by atoms with Crippen molar-refractivity contribution < 1.29 is 0 Å². The number of nitrogens with zero attached hydrogens (tertiary/aromatic N) is 3. The van der Waals surface area contributed by atoms with Crippen LogP contribution in [-0.2, 0) is 0 Å². The number of rotatable bonds is 4. The number of aromatic nitrogens is 2. The van der Waals surface area contributed by atoms with Gasteiger partial charge in [-0.3, -0.25) is 0 Å². The van der Waals surface area contributed by atoms with Gasteiger partial charge in [0.25, 0.3) is 0 Å². The van der Waals surface area contributed by atoms with Gasteiger partial charge in [0.05, 0.1) is 27.8 Å². The molecule has 40 heavy (non-hydrogen) atoms. The highest BCUT2D eigenvalue weighted by atomic mass is 15.1. The molecule has 0 aliphatic heterocycles. The van der Waals surface area contributed by atoms with E-state index in [9.17, 15) is 0 Å². The lowest BCUT2D eigenvalue weighted by molar-refractivity contribution is 1.15. The molecule has 0 aliphatic carbocycles. The second kappa shape index (κ2) is 8.89. The van der Waals surface area contributed by atoms with Crippen LogP contribution in [0.15, 0.2) is 146 Å². The SMILES string of the molecule is CN(c1ccc2c(c1)c1ccccc1n2-c1ccccc1)c1cccc2c3ccccc3n(-c3ccccc3)c12. The number of benzene rings is 6. The molecule has 3 nitrogen and oxygen atoms in total. The van der Waals surface area contributed by atoms with Crippen LogP contribution in [0.4, 0.5) is 11.4 Å². The van der Waals surface area contributed by atoms with Gasteiger partial charge in [0.15, 0.2) is 0 Å². The molecule has 2 aromatic heterocycles. The van der Waals surface area contributed by atoms with Crippen molar-refractivity contribution in [2.24, 2.45) is 0 Å². The first-order valence-electron chi connectivity index (χ1n) is 13.7. The van der Waals surface area contributed by atoms with E-state index in [-0.39, 0.29) is 0 Å². The van der Waals surface area contributed by atoms with Crippen LogP contribution in [0.3, 0.4) is 0 Å². The zero-order valence-corrected chi connectivity index (χ0v) is 22.2. The van der Waals surface area contributed by atoms with Crippen molar-refractivity contribution in [3.8, 4) is 11.4 Å². The van der Waals surface area contributed by atoms with Gasteiger partial charge in [-0.05, 0) is 60.7 Å². The van der Waals surface area contributed by atoms with Crippen LogP contribution in [0.5, 0.6) is 0 Å². The Morgan fingerprint density at radius 1 is 0.425 bits per heavy atom. The standard InChI is InChI=1S/C37H27N3/c1-38(28-23-24-35-32(25-28)30-18-9-10-20-33(30)39(35)26-13-4-2-5-14-26)36-22-12-19-31-29-17-8-11-21-34(29)40(37(31)36)27-15-6-3-7-16-27/h2-25H,1H3. The van der Waals surface area contributed by atoms with E-state index in [0.717, 1.165) is 11.4 Å². The second-order valence-electron chi connectivity index (χ2n) is 10.3. The van der Waals surface area contributed by atoms with Gasteiger partial charge in [0.2, 0.25) is 0 Å². The molecule has 0 saturated carbocycles. The molecule has 0 unspecified atom stereocenters. The Morgan fingerprint density at radius 2 is 0.950 bits per heavy atom. The van der Waals surface area contributed by atoms with E-state index < -0.39 is 0 Å². The molecule has 0 radical (unpaired) electrons. The largest absolute Gasteiger partial charge is 0.343 e. The van der Waals surface area contributed by atoms with E-state index in [2.05, 4.69) is 167 Å². The van der Waals surface area contributed by atoms with E-state index >= 15 is 0 Å². The smallest absolute Gasteiger partial charge is 0.0778 e. The predicted octanol–water partition coefficient (Wildman–Crippen LogP) is 9.65. The van der Waals surface area contributed by atoms with Gasteiger partial charge in [0, 0.05) is 45.7 Å². The van der Waals surface area contributed by atoms with E-state index in [0.29, 0.717) is 0 Å². The van der Waals surface area contributed by atoms with Gasteiger partial charge in [-0.25, -0.2) is 0 Å². The monoisotopic (exact) mass is 513 g/mol. The van der Waals surface area contributed by atoms with Crippen LogP contribution in [0.2, 0.25) is 0 Å². The Balaban J connectivity index is 1.37. The summed E-state index contributed by atoms with van der Waals surface area (Å²) in [5.41, 5.74) is 9.51. The minimum atomic E-state index is 1.15. The lowest BCUT2D eigenvalue weighted by Gasteiger charge is -2.22. The van der Waals surface area contributed by atoms with Crippen molar-refractivity contribution in [1.29, 1.82) is 0 Å². The topological polar surface area (TPSA) is 13.1 Å². The maximum absolute atomic E-state index is 2.40. The van der Waals surface area contributed by atoms with Gasteiger partial charge in [-0.15, -0.1) is 0 Å². The van der Waals surface area contributed by atoms with E-state index in [1.54, 1.807) is 0 Å². The summed E-state index contributed by atoms with van der Waals surface area (Å²) in [5.74, 6) is 0. The van der Waals surface area contributed by atoms with Crippen LogP contribution in [0, 0.1) is 0 Å². The second-order valence-corrected chi connectivity index (χ2v) is 10.3. The van der Waals surface area contributed by atoms with Crippen molar-refractivity contribution in [1.82, 2.24) is 9.13 Å². The molecule has 0 bridgehead atoms. The molecule has 8 aromatic rings. The van der Waals surface area contributed by atoms with Gasteiger partial charge in [-0.2, -0.15) is 0 Å². The molecule has 2 heterocycles. The fourth-order valence-corrected chi connectivity index (χ4v) is 6.28. The highest BCUT2D eigenvalue weighted by molar-refractivity contribution is 6.14. The lowest BCUT2D eigenvalue weighted by Crippen LogP contribution is -2.11. The van der Waals surface area contributed by atoms with Crippen molar-refractivity contribution in [2.45, 2.75) is 0 Å². The van der Waals surface area contributed by atoms with Crippen LogP contribution in [0.1, 0.15) is 0 Å². The molecule has 190 valence electrons. The summed E-state index contributed by atoms with van der Waals surface area (Å²) in [4.78, 5) is 2.33. The van der Waals surface area contributed by atoms with Gasteiger partial charge in [-0.1, -0.05) is 84.9 Å². The van der Waals surface area contributed by atoms with Crippen LogP contribution in [0.25, 0.3) is 55.0 Å². The fourth-order valence-electron chi connectivity index (χ4n) is 6.28. The lowest BCUT2D eigenvalue weighted by atomic mass is 10.1. The first kappa shape index (κ1) is 22.7. The van der Waals surface area contributed by atoms with Crippen molar-refractivity contribution >= 4 is 55.0 Å². The van der Waals surface area contributed by atoms with E-state index in [4.69, 9.17) is 0 Å². The van der Waals surface area contributed by atoms with Crippen molar-refractivity contribution in [3.05, 3.63) is 146 Å². The summed E-state index contributed by atoms with van der Waals surface area (Å²) in [6, 6.07) is 52.2. The average molecular weight is 514 g/mol. The Morgan fingerprint density at radius 3 is 1.65 bits per heavy atom. The third-order valence-electron chi connectivity index (χ3n) is 8.11. The first-order valence-corrected chi connectivity index (χ1v) is 13.7. The molecular formula is C37H27N3. The van der Waals surface area contributed by atoms with Crippen molar-refractivity contribution in [2.75, 3.05) is 11.9 Å². The van der Waals surface area contributed by atoms with Gasteiger partial charge < -0.3 is 14.0 Å². The first-order chi connectivity index (χ1) is 19.8. The zero-order valence-electron chi connectivity index (χ0n) is 22.2. The normalized spacial score (nSPS) is 11.6. The van der Waals surface area contributed by atoms with Gasteiger partial charge >= 0.3 is 0 Å².